The number of amidine groups is 1. The summed E-state index contributed by atoms with van der Waals surface area (Å²) in [6.45, 7) is 0.269. The number of nitrogens with one attached hydrogen (secondary N) is 2. The molecule has 13 heteroatoms. The van der Waals surface area contributed by atoms with Gasteiger partial charge in [-0.05, 0) is 48.7 Å². The van der Waals surface area contributed by atoms with E-state index in [4.69, 9.17) is 11.6 Å². The smallest absolute Gasteiger partial charge is 0.286 e. The minimum atomic E-state index is -4.31. The number of benzene rings is 2. The minimum Gasteiger partial charge on any atom is -0.511 e. The molecule has 2 aromatic rings. The van der Waals surface area contributed by atoms with Gasteiger partial charge in [-0.3, -0.25) is 9.52 Å². The van der Waals surface area contributed by atoms with Crippen molar-refractivity contribution in [1.29, 1.82) is 0 Å². The van der Waals surface area contributed by atoms with E-state index in [1.54, 1.807) is 17.0 Å². The highest BCUT2D eigenvalue weighted by Crippen LogP contribution is 2.42. The Bertz CT molecular complexity index is 1530. The Kier molecular flexibility index (Phi) is 6.00. The molecule has 2 atom stereocenters. The van der Waals surface area contributed by atoms with Crippen LogP contribution < -0.4 is 10.0 Å². The molecule has 2 aromatic carbocycles. The third-order valence-corrected chi connectivity index (χ3v) is 8.67. The van der Waals surface area contributed by atoms with Crippen LogP contribution in [-0.4, -0.2) is 50.9 Å². The Morgan fingerprint density at radius 2 is 1.92 bits per heavy atom. The van der Waals surface area contributed by atoms with Crippen LogP contribution in [0.25, 0.3) is 0 Å². The number of anilines is 2. The van der Waals surface area contributed by atoms with Gasteiger partial charge in [0.2, 0.25) is 10.0 Å². The van der Waals surface area contributed by atoms with Gasteiger partial charge in [0, 0.05) is 29.2 Å². The third kappa shape index (κ3) is 4.56. The van der Waals surface area contributed by atoms with Crippen LogP contribution in [0.1, 0.15) is 24.8 Å². The zero-order valence-corrected chi connectivity index (χ0v) is 21.5. The maximum atomic E-state index is 13.7. The van der Waals surface area contributed by atoms with Gasteiger partial charge in [-0.15, -0.1) is 4.40 Å². The molecule has 0 bridgehead atoms. The van der Waals surface area contributed by atoms with E-state index in [0.717, 1.165) is 30.7 Å². The molecule has 2 unspecified atom stereocenters. The Labute approximate surface area is 213 Å². The van der Waals surface area contributed by atoms with Crippen molar-refractivity contribution in [3.63, 3.8) is 0 Å². The fraction of sp³-hybridized carbons (Fsp3) is 0.304. The first-order valence-electron chi connectivity index (χ1n) is 11.2. The van der Waals surface area contributed by atoms with E-state index in [0.29, 0.717) is 11.4 Å². The zero-order chi connectivity index (χ0) is 25.8. The summed E-state index contributed by atoms with van der Waals surface area (Å²) in [5.74, 6) is -1.29. The zero-order valence-electron chi connectivity index (χ0n) is 19.1. The maximum absolute atomic E-state index is 13.7. The van der Waals surface area contributed by atoms with Gasteiger partial charge in [-0.2, -0.15) is 8.42 Å². The predicted molar refractivity (Wildman–Crippen MR) is 136 cm³/mol. The number of carbonyl (C=O) groups is 1. The van der Waals surface area contributed by atoms with Gasteiger partial charge in [0.25, 0.3) is 15.9 Å². The number of halogens is 1. The normalized spacial score (nSPS) is 23.0. The molecule has 190 valence electrons. The SMILES string of the molecule is CS(=O)(=O)Nc1ccc2c(c1)S(=O)(=O)N=C(C1=C(O)C3CCCC3N(Cc3ccc(Cl)cc3)C1=O)N2. The number of sulfonamides is 2. The monoisotopic (exact) mass is 550 g/mol. The molecule has 1 fully saturated rings. The van der Waals surface area contributed by atoms with Crippen LogP contribution in [0.4, 0.5) is 11.4 Å². The topological polar surface area (TPSA) is 145 Å². The Balaban J connectivity index is 1.53. The van der Waals surface area contributed by atoms with E-state index in [9.17, 15) is 26.7 Å². The third-order valence-electron chi connectivity index (χ3n) is 6.49. The van der Waals surface area contributed by atoms with Crippen molar-refractivity contribution in [2.75, 3.05) is 16.3 Å². The number of rotatable bonds is 5. The Morgan fingerprint density at radius 3 is 2.61 bits per heavy atom. The highest BCUT2D eigenvalue weighted by Gasteiger charge is 2.46. The molecule has 2 aliphatic heterocycles. The van der Waals surface area contributed by atoms with Crippen molar-refractivity contribution in [1.82, 2.24) is 4.90 Å². The summed E-state index contributed by atoms with van der Waals surface area (Å²) in [5.41, 5.74) is 0.838. The van der Waals surface area contributed by atoms with Gasteiger partial charge < -0.3 is 15.3 Å². The predicted octanol–water partition coefficient (Wildman–Crippen LogP) is 3.25. The Morgan fingerprint density at radius 1 is 1.19 bits per heavy atom. The van der Waals surface area contributed by atoms with Crippen LogP contribution in [0.3, 0.4) is 0 Å². The summed E-state index contributed by atoms with van der Waals surface area (Å²) < 4.78 is 55.2. The van der Waals surface area contributed by atoms with Crippen molar-refractivity contribution >= 4 is 54.8 Å². The molecule has 1 saturated carbocycles. The van der Waals surface area contributed by atoms with Crippen LogP contribution in [-0.2, 0) is 31.4 Å². The Hall–Kier alpha value is -3.09. The van der Waals surface area contributed by atoms with Crippen LogP contribution in [0.15, 0.2) is 63.1 Å². The number of carbonyl (C=O) groups excluding carboxylic acids is 1. The minimum absolute atomic E-state index is 0.0546. The van der Waals surface area contributed by atoms with Gasteiger partial charge in [0.05, 0.1) is 11.9 Å². The van der Waals surface area contributed by atoms with Crippen LogP contribution >= 0.6 is 11.6 Å². The number of aliphatic hydroxyl groups excluding tert-OH is 1. The standard InChI is InChI=1S/C23H23ClN4O6S2/c1-35(31,32)26-15-9-10-17-19(11-15)36(33,34)27-22(25-17)20-21(29)16-3-2-4-18(16)28(23(20)30)12-13-5-7-14(24)8-6-13/h5-11,16,18,26,29H,2-4,12H2,1H3,(H,25,27). The molecular weight excluding hydrogens is 528 g/mol. The average Bonchev–Trinajstić information content (AvgIpc) is 3.27. The quantitative estimate of drug-likeness (QED) is 0.518. The van der Waals surface area contributed by atoms with E-state index in [1.165, 1.54) is 12.1 Å². The number of hydrogen-bond donors (Lipinski definition) is 3. The summed E-state index contributed by atoms with van der Waals surface area (Å²) in [5, 5.41) is 14.5. The molecule has 10 nitrogen and oxygen atoms in total. The molecule has 0 radical (unpaired) electrons. The molecule has 3 N–H and O–H groups in total. The van der Waals surface area contributed by atoms with E-state index in [-0.39, 0.29) is 51.9 Å². The molecular formula is C23H23ClN4O6S2. The molecule has 0 saturated heterocycles. The number of nitrogens with zero attached hydrogens (tertiary/aromatic N) is 2. The van der Waals surface area contributed by atoms with E-state index in [2.05, 4.69) is 14.4 Å². The summed E-state index contributed by atoms with van der Waals surface area (Å²) in [6.07, 6.45) is 3.14. The van der Waals surface area contributed by atoms with Gasteiger partial charge >= 0.3 is 0 Å². The van der Waals surface area contributed by atoms with Gasteiger partial charge in [-0.1, -0.05) is 30.2 Å². The molecule has 2 heterocycles. The van der Waals surface area contributed by atoms with Gasteiger partial charge in [-0.25, -0.2) is 8.42 Å². The highest BCUT2D eigenvalue weighted by atomic mass is 35.5. The molecule has 1 amide bonds. The average molecular weight is 551 g/mol. The number of fused-ring (bicyclic) bond motifs is 2. The van der Waals surface area contributed by atoms with Crippen molar-refractivity contribution < 1.29 is 26.7 Å². The number of hydrogen-bond acceptors (Lipinski definition) is 7. The second kappa shape index (κ2) is 8.79. The van der Waals surface area contributed by atoms with Crippen molar-refractivity contribution in [3.8, 4) is 0 Å². The lowest BCUT2D eigenvalue weighted by atomic mass is 9.89. The van der Waals surface area contributed by atoms with Gasteiger partial charge in [0.15, 0.2) is 5.84 Å². The summed E-state index contributed by atoms with van der Waals surface area (Å²) in [4.78, 5) is 15.1. The highest BCUT2D eigenvalue weighted by molar-refractivity contribution is 7.92. The molecule has 0 spiro atoms. The molecule has 1 aliphatic carbocycles. The van der Waals surface area contributed by atoms with Crippen LogP contribution in [0, 0.1) is 5.92 Å². The first-order valence-corrected chi connectivity index (χ1v) is 14.9. The molecule has 5 rings (SSSR count). The summed E-state index contributed by atoms with van der Waals surface area (Å²) >= 11 is 5.99. The van der Waals surface area contributed by atoms with Crippen LogP contribution in [0.5, 0.6) is 0 Å². The van der Waals surface area contributed by atoms with Crippen LogP contribution in [0.2, 0.25) is 5.02 Å². The van der Waals surface area contributed by atoms with E-state index in [1.807, 2.05) is 12.1 Å². The second-order valence-electron chi connectivity index (χ2n) is 9.05. The lowest BCUT2D eigenvalue weighted by Crippen LogP contribution is -2.49. The first kappa shape index (κ1) is 24.6. The fourth-order valence-corrected chi connectivity index (χ4v) is 6.79. The molecule has 3 aliphatic rings. The summed E-state index contributed by atoms with van der Waals surface area (Å²) in [6, 6.07) is 10.8. The molecule has 0 aromatic heterocycles. The second-order valence-corrected chi connectivity index (χ2v) is 12.8. The lowest BCUT2D eigenvalue weighted by molar-refractivity contribution is -0.132. The fourth-order valence-electron chi connectivity index (χ4n) is 4.96. The van der Waals surface area contributed by atoms with Gasteiger partial charge in [0.1, 0.15) is 16.2 Å². The summed E-state index contributed by atoms with van der Waals surface area (Å²) in [7, 11) is -7.93. The molecule has 36 heavy (non-hydrogen) atoms. The van der Waals surface area contributed by atoms with Crippen molar-refractivity contribution in [2.24, 2.45) is 10.3 Å². The van der Waals surface area contributed by atoms with Crippen molar-refractivity contribution in [2.45, 2.75) is 36.7 Å². The maximum Gasteiger partial charge on any atom is 0.286 e. The van der Waals surface area contributed by atoms with Crippen molar-refractivity contribution in [3.05, 3.63) is 64.4 Å². The first-order chi connectivity index (χ1) is 16.9. The number of aliphatic hydroxyl groups is 1. The van der Waals surface area contributed by atoms with E-state index >= 15 is 0 Å². The lowest BCUT2D eigenvalue weighted by Gasteiger charge is -2.39. The largest absolute Gasteiger partial charge is 0.511 e. The number of amides is 1. The van der Waals surface area contributed by atoms with E-state index < -0.39 is 26.0 Å².